The van der Waals surface area contributed by atoms with Gasteiger partial charge in [-0.1, -0.05) is 0 Å². The van der Waals surface area contributed by atoms with Crippen molar-refractivity contribution in [2.75, 3.05) is 0 Å². The van der Waals surface area contributed by atoms with Crippen LogP contribution < -0.4 is 24.8 Å². The van der Waals surface area contributed by atoms with E-state index in [0.717, 1.165) is 19.3 Å². The molecule has 3 aliphatic carbocycles. The van der Waals surface area contributed by atoms with E-state index in [1.165, 1.54) is 33.4 Å². The molecule has 0 saturated heterocycles. The average Bonchev–Trinajstić information content (AvgIpc) is 3.26. The van der Waals surface area contributed by atoms with Crippen molar-refractivity contribution in [3.05, 3.63) is 106 Å². The van der Waals surface area contributed by atoms with Crippen LogP contribution in [0.15, 0.2) is 83.5 Å². The van der Waals surface area contributed by atoms with Gasteiger partial charge in [-0.15, -0.1) is 0 Å². The van der Waals surface area contributed by atoms with E-state index < -0.39 is 0 Å². The van der Waals surface area contributed by atoms with Crippen molar-refractivity contribution in [2.45, 2.75) is 23.0 Å². The second kappa shape index (κ2) is 7.97. The van der Waals surface area contributed by atoms with Gasteiger partial charge in [0.25, 0.3) is 0 Å². The van der Waals surface area contributed by atoms with Crippen molar-refractivity contribution in [1.82, 2.24) is 0 Å². The van der Waals surface area contributed by atoms with E-state index in [9.17, 15) is 0 Å². The maximum atomic E-state index is 2.45. The van der Waals surface area contributed by atoms with E-state index in [1.807, 2.05) is 0 Å². The molecule has 3 aliphatic rings. The van der Waals surface area contributed by atoms with Gasteiger partial charge in [-0.05, 0) is 0 Å². The third kappa shape index (κ3) is 3.69. The molecule has 27 heavy (non-hydrogen) atoms. The molecule has 0 bridgehead atoms. The first-order valence-electron chi connectivity index (χ1n) is 8.93. The Kier molecular flexibility index (Phi) is 6.03. The molecule has 0 aliphatic heterocycles. The summed E-state index contributed by atoms with van der Waals surface area (Å²) < 4.78 is 0.147. The molecule has 0 nitrogen and oxygen atoms in total. The summed E-state index contributed by atoms with van der Waals surface area (Å²) in [5, 5.41) is 0. The van der Waals surface area contributed by atoms with Crippen LogP contribution in [0, 0.1) is 0 Å². The van der Waals surface area contributed by atoms with Crippen molar-refractivity contribution >= 4 is 12.2 Å². The topological polar surface area (TPSA) is 0 Å². The molecule has 1 atom stereocenters. The van der Waals surface area contributed by atoms with Crippen LogP contribution in [0.25, 0.3) is 12.2 Å². The molecule has 3 heteroatoms. The number of rotatable bonds is 2. The first kappa shape index (κ1) is 20.4. The molecule has 0 aromatic heterocycles. The van der Waals surface area contributed by atoms with Crippen molar-refractivity contribution < 1.29 is 45.2 Å². The van der Waals surface area contributed by atoms with Gasteiger partial charge in [0.05, 0.1) is 0 Å². The second-order valence-electron chi connectivity index (χ2n) is 7.26. The third-order valence-corrected chi connectivity index (χ3v) is 6.75. The standard InChI is InChI=1S/C24H19.2ClH.Ti/c1-2-6-20-14-23(13-19(20)5-1)17-9-11-18(12-10-17)24-15-21-7-3-4-8-22(21)16-24;;;/h1-11,13,15H,12,14,16H2;2*1H;/q;;;+2/p-2. The van der Waals surface area contributed by atoms with Gasteiger partial charge in [-0.25, -0.2) is 0 Å². The van der Waals surface area contributed by atoms with E-state index in [-0.39, 0.29) is 28.5 Å². The van der Waals surface area contributed by atoms with E-state index in [2.05, 4.69) is 99.3 Å². The number of halogens is 2. The fraction of sp³-hybridized carbons (Fsp3) is 0.167. The van der Waals surface area contributed by atoms with Gasteiger partial charge in [0.15, 0.2) is 0 Å². The van der Waals surface area contributed by atoms with Crippen LogP contribution in [0.1, 0.15) is 28.7 Å². The summed E-state index contributed by atoms with van der Waals surface area (Å²) in [7, 11) is 0. The van der Waals surface area contributed by atoms with Gasteiger partial charge in [0.2, 0.25) is 0 Å². The third-order valence-electron chi connectivity index (χ3n) is 5.67. The number of allylic oxidation sites excluding steroid dienone is 6. The predicted molar refractivity (Wildman–Crippen MR) is 101 cm³/mol. The summed E-state index contributed by atoms with van der Waals surface area (Å²) in [5.74, 6) is 0. The summed E-state index contributed by atoms with van der Waals surface area (Å²) in [6.07, 6.45) is 15.2. The van der Waals surface area contributed by atoms with E-state index in [0.29, 0.717) is 0 Å². The fourth-order valence-electron chi connectivity index (χ4n) is 4.15. The molecule has 0 saturated carbocycles. The van der Waals surface area contributed by atoms with Crippen LogP contribution in [-0.4, -0.2) is 0 Å². The summed E-state index contributed by atoms with van der Waals surface area (Å²) in [6, 6.07) is 17.5. The number of hydrogen-bond acceptors (Lipinski definition) is 0. The van der Waals surface area contributed by atoms with Crippen LogP contribution >= 0.6 is 0 Å². The normalized spacial score (nSPS) is 21.9. The van der Waals surface area contributed by atoms with Crippen LogP contribution in [0.4, 0.5) is 0 Å². The molecule has 0 fully saturated rings. The predicted octanol–water partition coefficient (Wildman–Crippen LogP) is -0.134. The van der Waals surface area contributed by atoms with Gasteiger partial charge in [0, 0.05) is 0 Å². The minimum atomic E-state index is 0. The van der Waals surface area contributed by atoms with Crippen molar-refractivity contribution in [3.63, 3.8) is 0 Å². The molecule has 0 amide bonds. The van der Waals surface area contributed by atoms with Crippen LogP contribution in [0.3, 0.4) is 0 Å². The quantitative estimate of drug-likeness (QED) is 0.588. The zero-order valence-electron chi connectivity index (χ0n) is 14.9. The molecule has 2 aromatic carbocycles. The summed E-state index contributed by atoms with van der Waals surface area (Å²) in [4.78, 5) is 0. The van der Waals surface area contributed by atoms with Crippen molar-refractivity contribution in [2.24, 2.45) is 0 Å². The Morgan fingerprint density at radius 3 is 2.00 bits per heavy atom. The number of benzene rings is 2. The van der Waals surface area contributed by atoms with E-state index in [4.69, 9.17) is 0 Å². The Labute approximate surface area is 185 Å². The van der Waals surface area contributed by atoms with E-state index in [1.54, 1.807) is 5.57 Å². The molecule has 0 N–H and O–H groups in total. The molecule has 0 spiro atoms. The first-order chi connectivity index (χ1) is 12.2. The second-order valence-corrected chi connectivity index (χ2v) is 8.65. The zero-order chi connectivity index (χ0) is 16.9. The van der Waals surface area contributed by atoms with Gasteiger partial charge in [-0.3, -0.25) is 0 Å². The summed E-state index contributed by atoms with van der Waals surface area (Å²) in [6.45, 7) is 0. The van der Waals surface area contributed by atoms with Gasteiger partial charge in [0.1, 0.15) is 0 Å². The number of hydrogen-bond donors (Lipinski definition) is 0. The molecule has 2 aromatic rings. The molecule has 5 rings (SSSR count). The molecule has 133 valence electrons. The average molecular weight is 426 g/mol. The molecular weight excluding hydrogens is 407 g/mol. The monoisotopic (exact) mass is 425 g/mol. The zero-order valence-corrected chi connectivity index (χ0v) is 18.0. The minimum absolute atomic E-state index is 0. The molecule has 0 heterocycles. The Morgan fingerprint density at radius 2 is 1.41 bits per heavy atom. The Balaban J connectivity index is 0.00000105. The van der Waals surface area contributed by atoms with E-state index >= 15 is 0 Å². The van der Waals surface area contributed by atoms with Crippen LogP contribution in [0.2, 0.25) is 3.72 Å². The Bertz CT molecular complexity index is 997. The van der Waals surface area contributed by atoms with Crippen molar-refractivity contribution in [3.8, 4) is 0 Å². The summed E-state index contributed by atoms with van der Waals surface area (Å²) >= 11 is 2.38. The van der Waals surface area contributed by atoms with Gasteiger partial charge >= 0.3 is 161 Å². The Hall–Kier alpha value is -1.31. The molecule has 1 unspecified atom stereocenters. The first-order valence-corrected chi connectivity index (χ1v) is 9.72. The van der Waals surface area contributed by atoms with Gasteiger partial charge < -0.3 is 24.8 Å². The van der Waals surface area contributed by atoms with Crippen LogP contribution in [-0.2, 0) is 33.3 Å². The van der Waals surface area contributed by atoms with Crippen molar-refractivity contribution in [1.29, 1.82) is 0 Å². The number of fused-ring (bicyclic) bond motifs is 2. The molecular formula is C24H19Cl2Ti. The maximum absolute atomic E-state index is 2.45. The van der Waals surface area contributed by atoms with Gasteiger partial charge in [-0.2, -0.15) is 0 Å². The SMILES string of the molecule is [Cl-].[Cl-].[Ti+2][C]1(C2=Cc3ccccc3C2)C=CC(C2=Cc3ccccc3C2)=CC1. The fourth-order valence-corrected chi connectivity index (χ4v) is 4.69. The summed E-state index contributed by atoms with van der Waals surface area (Å²) in [5.41, 5.74) is 10.1. The Morgan fingerprint density at radius 1 is 0.778 bits per heavy atom. The van der Waals surface area contributed by atoms with Crippen LogP contribution in [0.5, 0.6) is 0 Å². The molecule has 0 radical (unpaired) electrons.